The SMILES string of the molecule is Nc1[nH]c(=O)c(C(=O)O)c(-c2ccccc2CN2CCCC2)c1C(=O)O. The Balaban J connectivity index is 2.28. The number of aromatic carboxylic acids is 2. The zero-order chi connectivity index (χ0) is 18.8. The summed E-state index contributed by atoms with van der Waals surface area (Å²) in [5, 5.41) is 19.1. The number of likely N-dealkylation sites (tertiary alicyclic amines) is 1. The molecule has 2 aromatic rings. The number of benzene rings is 1. The minimum absolute atomic E-state index is 0.152. The highest BCUT2D eigenvalue weighted by atomic mass is 16.4. The van der Waals surface area contributed by atoms with Crippen LogP contribution in [0.5, 0.6) is 0 Å². The molecule has 2 heterocycles. The number of nitrogens with two attached hydrogens (primary N) is 1. The van der Waals surface area contributed by atoms with E-state index in [9.17, 15) is 24.6 Å². The number of H-pyrrole nitrogens is 1. The van der Waals surface area contributed by atoms with E-state index in [4.69, 9.17) is 5.73 Å². The molecule has 0 atom stereocenters. The molecule has 3 rings (SSSR count). The van der Waals surface area contributed by atoms with E-state index >= 15 is 0 Å². The molecule has 0 amide bonds. The molecule has 1 saturated heterocycles. The summed E-state index contributed by atoms with van der Waals surface area (Å²) in [4.78, 5) is 40.0. The maximum Gasteiger partial charge on any atom is 0.342 e. The molecule has 0 aliphatic carbocycles. The van der Waals surface area contributed by atoms with Crippen molar-refractivity contribution in [3.05, 3.63) is 51.3 Å². The van der Waals surface area contributed by atoms with Crippen LogP contribution in [0.1, 0.15) is 39.1 Å². The Kier molecular flexibility index (Phi) is 4.77. The van der Waals surface area contributed by atoms with Crippen molar-refractivity contribution in [3.63, 3.8) is 0 Å². The molecule has 1 aliphatic heterocycles. The number of carboxylic acids is 2. The lowest BCUT2D eigenvalue weighted by Crippen LogP contribution is -2.25. The Hall–Kier alpha value is -3.13. The van der Waals surface area contributed by atoms with Gasteiger partial charge in [-0.1, -0.05) is 24.3 Å². The van der Waals surface area contributed by atoms with Crippen molar-refractivity contribution in [1.82, 2.24) is 9.88 Å². The van der Waals surface area contributed by atoms with Gasteiger partial charge in [-0.15, -0.1) is 0 Å². The molecule has 8 heteroatoms. The number of aromatic amines is 1. The summed E-state index contributed by atoms with van der Waals surface area (Å²) in [6.45, 7) is 2.38. The molecule has 1 aromatic heterocycles. The number of carbonyl (C=O) groups is 2. The Labute approximate surface area is 148 Å². The Morgan fingerprint density at radius 2 is 1.69 bits per heavy atom. The van der Waals surface area contributed by atoms with Crippen LogP contribution in [0.2, 0.25) is 0 Å². The first kappa shape index (κ1) is 17.7. The van der Waals surface area contributed by atoms with E-state index in [2.05, 4.69) is 9.88 Å². The molecular weight excluding hydrogens is 338 g/mol. The number of anilines is 1. The van der Waals surface area contributed by atoms with Crippen LogP contribution in [0.25, 0.3) is 11.1 Å². The van der Waals surface area contributed by atoms with Gasteiger partial charge >= 0.3 is 11.9 Å². The van der Waals surface area contributed by atoms with E-state index in [0.29, 0.717) is 12.1 Å². The molecule has 1 aromatic carbocycles. The maximum absolute atomic E-state index is 12.2. The third-order valence-electron chi connectivity index (χ3n) is 4.55. The third-order valence-corrected chi connectivity index (χ3v) is 4.55. The van der Waals surface area contributed by atoms with Crippen molar-refractivity contribution in [3.8, 4) is 11.1 Å². The molecule has 5 N–H and O–H groups in total. The van der Waals surface area contributed by atoms with Crippen molar-refractivity contribution >= 4 is 17.8 Å². The van der Waals surface area contributed by atoms with Gasteiger partial charge in [0.2, 0.25) is 0 Å². The quantitative estimate of drug-likeness (QED) is 0.638. The minimum atomic E-state index is -1.50. The van der Waals surface area contributed by atoms with Crippen LogP contribution in [0, 0.1) is 0 Å². The van der Waals surface area contributed by atoms with Gasteiger partial charge in [0.25, 0.3) is 5.56 Å². The van der Waals surface area contributed by atoms with Gasteiger partial charge in [-0.2, -0.15) is 0 Å². The summed E-state index contributed by atoms with van der Waals surface area (Å²) in [6, 6.07) is 6.91. The smallest absolute Gasteiger partial charge is 0.342 e. The van der Waals surface area contributed by atoms with Gasteiger partial charge in [-0.05, 0) is 37.1 Å². The summed E-state index contributed by atoms with van der Waals surface area (Å²) < 4.78 is 0. The molecule has 0 bridgehead atoms. The molecule has 136 valence electrons. The van der Waals surface area contributed by atoms with Crippen molar-refractivity contribution < 1.29 is 19.8 Å². The Bertz CT molecular complexity index is 929. The van der Waals surface area contributed by atoms with Crippen LogP contribution < -0.4 is 11.3 Å². The second-order valence-electron chi connectivity index (χ2n) is 6.24. The monoisotopic (exact) mass is 357 g/mol. The lowest BCUT2D eigenvalue weighted by molar-refractivity contribution is 0.0695. The van der Waals surface area contributed by atoms with Crippen LogP contribution in [0.4, 0.5) is 5.82 Å². The molecule has 0 radical (unpaired) electrons. The number of rotatable bonds is 5. The zero-order valence-electron chi connectivity index (χ0n) is 14.0. The molecule has 1 fully saturated rings. The number of nitrogens with zero attached hydrogens (tertiary/aromatic N) is 1. The number of hydrogen-bond acceptors (Lipinski definition) is 5. The van der Waals surface area contributed by atoms with Crippen LogP contribution >= 0.6 is 0 Å². The van der Waals surface area contributed by atoms with Gasteiger partial charge in [-0.25, -0.2) is 9.59 Å². The van der Waals surface area contributed by atoms with Crippen LogP contribution in [0.15, 0.2) is 29.1 Å². The summed E-state index contributed by atoms with van der Waals surface area (Å²) in [6.07, 6.45) is 2.17. The average molecular weight is 357 g/mol. The standard InChI is InChI=1S/C18H19N3O5/c19-15-13(17(23)24)12(14(18(25)26)16(22)20-15)11-6-2-1-5-10(11)9-21-7-3-4-8-21/h1-2,5-6H,3-4,7-9H2,(H,23,24)(H,25,26)(H3,19,20,22). The van der Waals surface area contributed by atoms with E-state index in [1.807, 2.05) is 6.07 Å². The lowest BCUT2D eigenvalue weighted by Gasteiger charge is -2.19. The van der Waals surface area contributed by atoms with Gasteiger partial charge in [-0.3, -0.25) is 9.69 Å². The Morgan fingerprint density at radius 1 is 1.08 bits per heavy atom. The van der Waals surface area contributed by atoms with E-state index in [1.54, 1.807) is 18.2 Å². The first-order chi connectivity index (χ1) is 12.4. The number of carboxylic acid groups (broad SMARTS) is 2. The number of nitrogen functional groups attached to an aromatic ring is 1. The summed E-state index contributed by atoms with van der Waals surface area (Å²) in [5.74, 6) is -3.26. The molecule has 0 spiro atoms. The number of nitrogens with one attached hydrogen (secondary N) is 1. The number of aromatic nitrogens is 1. The normalized spacial score (nSPS) is 14.5. The molecule has 8 nitrogen and oxygen atoms in total. The molecule has 26 heavy (non-hydrogen) atoms. The van der Waals surface area contributed by atoms with Gasteiger partial charge < -0.3 is 20.9 Å². The van der Waals surface area contributed by atoms with Crippen molar-refractivity contribution in [2.75, 3.05) is 18.8 Å². The van der Waals surface area contributed by atoms with Gasteiger partial charge in [0, 0.05) is 12.1 Å². The van der Waals surface area contributed by atoms with E-state index < -0.39 is 28.6 Å². The van der Waals surface area contributed by atoms with Crippen molar-refractivity contribution in [2.24, 2.45) is 0 Å². The zero-order valence-corrected chi connectivity index (χ0v) is 14.0. The highest BCUT2D eigenvalue weighted by molar-refractivity contribution is 6.07. The lowest BCUT2D eigenvalue weighted by atomic mass is 9.91. The summed E-state index contributed by atoms with van der Waals surface area (Å²) in [7, 11) is 0. The van der Waals surface area contributed by atoms with Crippen LogP contribution in [0.3, 0.4) is 0 Å². The topological polar surface area (TPSA) is 137 Å². The van der Waals surface area contributed by atoms with Gasteiger partial charge in [0.15, 0.2) is 0 Å². The largest absolute Gasteiger partial charge is 0.478 e. The predicted molar refractivity (Wildman–Crippen MR) is 95.3 cm³/mol. The third kappa shape index (κ3) is 3.18. The average Bonchev–Trinajstić information content (AvgIpc) is 3.06. The summed E-state index contributed by atoms with van der Waals surface area (Å²) in [5.41, 5.74) is 4.75. The van der Waals surface area contributed by atoms with E-state index in [1.165, 1.54) is 0 Å². The fourth-order valence-electron chi connectivity index (χ4n) is 3.40. The minimum Gasteiger partial charge on any atom is -0.478 e. The van der Waals surface area contributed by atoms with Gasteiger partial charge in [0.1, 0.15) is 16.9 Å². The first-order valence-electron chi connectivity index (χ1n) is 8.23. The second-order valence-corrected chi connectivity index (χ2v) is 6.24. The fraction of sp³-hybridized carbons (Fsp3) is 0.278. The van der Waals surface area contributed by atoms with Crippen LogP contribution in [-0.4, -0.2) is 45.1 Å². The maximum atomic E-state index is 12.2. The number of hydrogen-bond donors (Lipinski definition) is 4. The van der Waals surface area contributed by atoms with Crippen molar-refractivity contribution in [2.45, 2.75) is 19.4 Å². The Morgan fingerprint density at radius 3 is 2.31 bits per heavy atom. The second kappa shape index (κ2) is 7.01. The fourth-order valence-corrected chi connectivity index (χ4v) is 3.40. The molecular formula is C18H19N3O5. The van der Waals surface area contributed by atoms with Gasteiger partial charge in [0.05, 0.1) is 0 Å². The summed E-state index contributed by atoms with van der Waals surface area (Å²) >= 11 is 0. The number of pyridine rings is 1. The highest BCUT2D eigenvalue weighted by Gasteiger charge is 2.28. The molecule has 0 unspecified atom stereocenters. The predicted octanol–water partition coefficient (Wildman–Crippen LogP) is 1.62. The van der Waals surface area contributed by atoms with E-state index in [0.717, 1.165) is 31.5 Å². The van der Waals surface area contributed by atoms with E-state index in [-0.39, 0.29) is 11.4 Å². The highest BCUT2D eigenvalue weighted by Crippen LogP contribution is 2.32. The van der Waals surface area contributed by atoms with Crippen LogP contribution in [-0.2, 0) is 6.54 Å². The molecule has 1 aliphatic rings. The van der Waals surface area contributed by atoms with Crippen molar-refractivity contribution in [1.29, 1.82) is 0 Å². The molecule has 0 saturated carbocycles. The first-order valence-corrected chi connectivity index (χ1v) is 8.23.